The Bertz CT molecular complexity index is 7870. The summed E-state index contributed by atoms with van der Waals surface area (Å²) >= 11 is 0. The molecule has 25 rings (SSSR count). The highest BCUT2D eigenvalue weighted by Gasteiger charge is 2.25. The van der Waals surface area contributed by atoms with Crippen LogP contribution < -0.4 is 0 Å². The SMILES string of the molecule is c1ccc(-c2ncc(-c3c(-c4cc(-c5ccccc5-c5ccc(-c6ccc7oc8ccccc8c7c6)nc5)cc(-c5ccccc5-c5ccc(-c6ccc7oc8ccccc8c7c6)nc5)c4)cccc3-c3cc(-c4ccccc4-c4ccc(-c5ccc6oc7ccccc7c6c5)nc4)cc(-c4ccccc4-c4ccc(-c5ccc6oc7ccccc7c6c5)nc4)c3)cn2)cc1. The number of aromatic nitrogens is 6. The predicted octanol–water partition coefficient (Wildman–Crippen LogP) is 32.3. The van der Waals surface area contributed by atoms with Crippen molar-refractivity contribution in [3.05, 3.63) is 438 Å². The fourth-order valence-corrected chi connectivity index (χ4v) is 19.1. The van der Waals surface area contributed by atoms with Crippen molar-refractivity contribution in [3.63, 3.8) is 0 Å². The van der Waals surface area contributed by atoms with Gasteiger partial charge in [0.25, 0.3) is 0 Å². The molecule has 16 aromatic carbocycles. The van der Waals surface area contributed by atoms with Crippen molar-refractivity contribution in [1.29, 1.82) is 0 Å². The van der Waals surface area contributed by atoms with Crippen molar-refractivity contribution in [2.75, 3.05) is 0 Å². The first kappa shape index (κ1) is 75.0. The summed E-state index contributed by atoms with van der Waals surface area (Å²) in [5.74, 6) is 0.620. The van der Waals surface area contributed by atoms with Crippen molar-refractivity contribution in [2.45, 2.75) is 0 Å². The van der Waals surface area contributed by atoms with Gasteiger partial charge >= 0.3 is 0 Å². The molecule has 0 spiro atoms. The molecule has 0 amide bonds. The van der Waals surface area contributed by atoms with E-state index in [0.717, 1.165) is 261 Å². The van der Waals surface area contributed by atoms with Crippen LogP contribution in [0.25, 0.3) is 267 Å². The summed E-state index contributed by atoms with van der Waals surface area (Å²) in [6.45, 7) is 0. The minimum atomic E-state index is 0.620. The van der Waals surface area contributed by atoms with Crippen molar-refractivity contribution in [1.82, 2.24) is 29.9 Å². The zero-order chi connectivity index (χ0) is 85.7. The molecular formula is C120H72N6O4. The zero-order valence-corrected chi connectivity index (χ0v) is 69.9. The van der Waals surface area contributed by atoms with Gasteiger partial charge in [0.15, 0.2) is 5.82 Å². The van der Waals surface area contributed by atoms with Gasteiger partial charge in [0.05, 0.1) is 22.8 Å². The summed E-state index contributed by atoms with van der Waals surface area (Å²) in [5.41, 5.74) is 37.0. The smallest absolute Gasteiger partial charge is 0.159 e. The first-order chi connectivity index (χ1) is 64.4. The molecule has 0 radical (unpaired) electrons. The lowest BCUT2D eigenvalue weighted by Gasteiger charge is -2.21. The molecule has 0 unspecified atom stereocenters. The molecule has 10 nitrogen and oxygen atoms in total. The maximum absolute atomic E-state index is 6.27. The molecule has 10 heteroatoms. The van der Waals surface area contributed by atoms with Crippen LogP contribution in [0, 0.1) is 0 Å². The molecule has 9 aromatic heterocycles. The van der Waals surface area contributed by atoms with Gasteiger partial charge in [-0.25, -0.2) is 9.97 Å². The summed E-state index contributed by atoms with van der Waals surface area (Å²) in [6, 6.07) is 141. The van der Waals surface area contributed by atoms with Gasteiger partial charge in [0, 0.05) is 141 Å². The lowest BCUT2D eigenvalue weighted by atomic mass is 9.83. The van der Waals surface area contributed by atoms with Crippen molar-refractivity contribution in [2.24, 2.45) is 0 Å². The highest BCUT2D eigenvalue weighted by Crippen LogP contribution is 2.50. The topological polar surface area (TPSA) is 130 Å². The van der Waals surface area contributed by atoms with E-state index < -0.39 is 0 Å². The molecule has 25 aromatic rings. The van der Waals surface area contributed by atoms with Crippen LogP contribution in [0.2, 0.25) is 0 Å². The zero-order valence-electron chi connectivity index (χ0n) is 69.9. The molecule has 0 N–H and O–H groups in total. The maximum Gasteiger partial charge on any atom is 0.159 e. The van der Waals surface area contributed by atoms with E-state index >= 15 is 0 Å². The Morgan fingerprint density at radius 1 is 0.131 bits per heavy atom. The van der Waals surface area contributed by atoms with Gasteiger partial charge < -0.3 is 17.7 Å². The Kier molecular flexibility index (Phi) is 18.0. The molecule has 606 valence electrons. The van der Waals surface area contributed by atoms with Gasteiger partial charge in [-0.15, -0.1) is 0 Å². The third kappa shape index (κ3) is 13.4. The van der Waals surface area contributed by atoms with Crippen LogP contribution in [0.15, 0.2) is 455 Å². The Balaban J connectivity index is 0.672. The number of rotatable bonds is 16. The molecule has 0 aliphatic heterocycles. The highest BCUT2D eigenvalue weighted by atomic mass is 16.3. The predicted molar refractivity (Wildman–Crippen MR) is 529 cm³/mol. The summed E-state index contributed by atoms with van der Waals surface area (Å²) in [7, 11) is 0. The van der Waals surface area contributed by atoms with Gasteiger partial charge in [-0.1, -0.05) is 243 Å². The normalized spacial score (nSPS) is 11.7. The van der Waals surface area contributed by atoms with E-state index in [1.807, 2.05) is 128 Å². The van der Waals surface area contributed by atoms with E-state index in [2.05, 4.69) is 309 Å². The second-order valence-electron chi connectivity index (χ2n) is 33.1. The average Bonchev–Trinajstić information content (AvgIpc) is 1.16. The van der Waals surface area contributed by atoms with Gasteiger partial charge in [-0.2, -0.15) is 0 Å². The molecule has 9 heterocycles. The van der Waals surface area contributed by atoms with Crippen LogP contribution in [0.4, 0.5) is 0 Å². The lowest BCUT2D eigenvalue weighted by Crippen LogP contribution is -1.97. The maximum atomic E-state index is 6.27. The fraction of sp³-hybridized carbons (Fsp3) is 0. The van der Waals surface area contributed by atoms with Crippen molar-refractivity contribution in [3.8, 4) is 179 Å². The summed E-state index contributed by atoms with van der Waals surface area (Å²) in [4.78, 5) is 31.5. The van der Waals surface area contributed by atoms with Crippen molar-refractivity contribution >= 4 is 87.8 Å². The first-order valence-corrected chi connectivity index (χ1v) is 43.6. The van der Waals surface area contributed by atoms with Crippen LogP contribution >= 0.6 is 0 Å². The van der Waals surface area contributed by atoms with E-state index in [-0.39, 0.29) is 0 Å². The molecule has 0 saturated heterocycles. The molecule has 0 aliphatic carbocycles. The number of furan rings is 4. The third-order valence-corrected chi connectivity index (χ3v) is 25.5. The van der Waals surface area contributed by atoms with E-state index in [1.165, 1.54) is 0 Å². The molecule has 0 atom stereocenters. The summed E-state index contributed by atoms with van der Waals surface area (Å²) < 4.78 is 25.1. The minimum absolute atomic E-state index is 0.620. The Labute approximate surface area is 746 Å². The second kappa shape index (κ2) is 31.3. The number of nitrogens with zero attached hydrogens (tertiary/aromatic N) is 6. The van der Waals surface area contributed by atoms with Crippen LogP contribution in [0.1, 0.15) is 0 Å². The average molecular weight is 1660 g/mol. The van der Waals surface area contributed by atoms with Gasteiger partial charge in [-0.3, -0.25) is 19.9 Å². The molecule has 0 fully saturated rings. The van der Waals surface area contributed by atoms with Gasteiger partial charge in [-0.05, 0) is 247 Å². The van der Waals surface area contributed by atoms with Crippen molar-refractivity contribution < 1.29 is 17.7 Å². The Morgan fingerprint density at radius 2 is 0.354 bits per heavy atom. The highest BCUT2D eigenvalue weighted by molar-refractivity contribution is 6.11. The molecule has 0 bridgehead atoms. The molecule has 0 saturated carbocycles. The minimum Gasteiger partial charge on any atom is -0.456 e. The second-order valence-corrected chi connectivity index (χ2v) is 33.1. The van der Waals surface area contributed by atoms with Crippen LogP contribution in [-0.2, 0) is 0 Å². The molecular weight excluding hydrogens is 1590 g/mol. The van der Waals surface area contributed by atoms with E-state index in [0.29, 0.717) is 5.82 Å². The number of fused-ring (bicyclic) bond motifs is 12. The number of hydrogen-bond acceptors (Lipinski definition) is 10. The third-order valence-electron chi connectivity index (χ3n) is 25.5. The largest absolute Gasteiger partial charge is 0.456 e. The molecule has 130 heavy (non-hydrogen) atoms. The number of pyridine rings is 4. The fourth-order valence-electron chi connectivity index (χ4n) is 19.1. The standard InChI is InChI=1S/C120H72N6O4/c1-2-21-73(22-3-1)120-125-71-88(72-126-120)119-97(86-59-82(93-27-8-4-23-89(93)78-41-49-107(121-67-78)74-45-53-115-103(63-74)99-31-12-16-37-111(99)127-115)57-83(60-86)94-28-9-5-24-90(94)79-42-50-108(122-68-79)75-46-54-116-104(64-75)100-32-13-17-38-112(100)128-116)35-20-36-98(119)87-61-84(95-29-10-6-25-91(95)80-43-51-109(123-69-80)76-47-55-117-105(65-76)101-33-14-18-39-113(101)129-117)58-85(62-87)96-30-11-7-26-92(96)81-44-52-110(124-70-81)77-48-56-118-106(66-77)102-34-15-19-40-114(102)130-118/h1-72H. The first-order valence-electron chi connectivity index (χ1n) is 43.6. The lowest BCUT2D eigenvalue weighted by molar-refractivity contribution is 0.668. The number of para-hydroxylation sites is 4. The quantitative estimate of drug-likeness (QED) is 0.0922. The number of hydrogen-bond donors (Lipinski definition) is 0. The Hall–Kier alpha value is -17.6. The van der Waals surface area contributed by atoms with Crippen LogP contribution in [0.3, 0.4) is 0 Å². The van der Waals surface area contributed by atoms with Crippen LogP contribution in [-0.4, -0.2) is 29.9 Å². The molecule has 0 aliphatic rings. The van der Waals surface area contributed by atoms with E-state index in [4.69, 9.17) is 47.6 Å². The van der Waals surface area contributed by atoms with E-state index in [1.54, 1.807) is 0 Å². The van der Waals surface area contributed by atoms with E-state index in [9.17, 15) is 0 Å². The monoisotopic (exact) mass is 1660 g/mol. The Morgan fingerprint density at radius 3 is 0.631 bits per heavy atom. The van der Waals surface area contributed by atoms with Gasteiger partial charge in [0.1, 0.15) is 44.7 Å². The summed E-state index contributed by atoms with van der Waals surface area (Å²) in [6.07, 6.45) is 12.0. The van der Waals surface area contributed by atoms with Crippen LogP contribution in [0.5, 0.6) is 0 Å². The number of benzene rings is 16. The van der Waals surface area contributed by atoms with Gasteiger partial charge in [0.2, 0.25) is 0 Å². The summed E-state index contributed by atoms with van der Waals surface area (Å²) in [5, 5.41) is 8.50.